The fraction of sp³-hybridized carbons (Fsp3) is 0.533. The van der Waals surface area contributed by atoms with E-state index in [-0.39, 0.29) is 23.0 Å². The Labute approximate surface area is 235 Å². The number of aliphatic carboxylic acids is 1. The number of fused-ring (bicyclic) bond motifs is 3. The molecule has 214 valence electrons. The summed E-state index contributed by atoms with van der Waals surface area (Å²) in [5, 5.41) is 9.36. The Balaban J connectivity index is 0.00000134. The van der Waals surface area contributed by atoms with Crippen LogP contribution in [0.3, 0.4) is 0 Å². The zero-order valence-corrected chi connectivity index (χ0v) is 26.1. The van der Waals surface area contributed by atoms with Crippen LogP contribution in [-0.4, -0.2) is 42.0 Å². The van der Waals surface area contributed by atoms with E-state index in [9.17, 15) is 23.1 Å². The highest BCUT2D eigenvalue weighted by Gasteiger charge is 2.35. The van der Waals surface area contributed by atoms with Crippen molar-refractivity contribution >= 4 is 39.3 Å². The van der Waals surface area contributed by atoms with E-state index in [2.05, 4.69) is 4.57 Å². The number of ketones is 1. The number of nitrogens with zero attached hydrogens (tertiary/aromatic N) is 1. The van der Waals surface area contributed by atoms with Gasteiger partial charge in [-0.1, -0.05) is 51.5 Å². The topological polar surface area (TPSA) is 93.4 Å². The van der Waals surface area contributed by atoms with Crippen LogP contribution in [-0.2, 0) is 38.8 Å². The lowest BCUT2D eigenvalue weighted by Gasteiger charge is -2.18. The number of allylic oxidation sites excluding steroid dienone is 6. The smallest absolute Gasteiger partial charge is 0.304 e. The highest BCUT2D eigenvalue weighted by atomic mass is 35.5. The number of carboxylic acids is 1. The molecule has 0 aliphatic heterocycles. The molecule has 0 aromatic carbocycles. The summed E-state index contributed by atoms with van der Waals surface area (Å²) in [5.74, 6) is -0.481. The number of carbonyl (C=O) groups excluding carboxylic acids is 1. The summed E-state index contributed by atoms with van der Waals surface area (Å²) in [7, 11) is -3.51. The molecule has 38 heavy (non-hydrogen) atoms. The van der Waals surface area contributed by atoms with Gasteiger partial charge in [-0.05, 0) is 58.3 Å². The maximum absolute atomic E-state index is 12.3. The number of Topliss-reactive ketones (excluding diaryl/α,β-unsaturated/α-hetero) is 1. The van der Waals surface area contributed by atoms with Crippen LogP contribution in [0.5, 0.6) is 0 Å². The summed E-state index contributed by atoms with van der Waals surface area (Å²) >= 11 is 5.21. The highest BCUT2D eigenvalue weighted by Crippen LogP contribution is 2.43. The van der Waals surface area contributed by atoms with Crippen LogP contribution in [0.15, 0.2) is 40.4 Å². The summed E-state index contributed by atoms with van der Waals surface area (Å²) in [6.07, 6.45) is 11.9. The molecule has 2 aliphatic rings. The molecule has 1 aromatic heterocycles. The summed E-state index contributed by atoms with van der Waals surface area (Å²) in [6, 6.07) is 0. The van der Waals surface area contributed by atoms with Crippen LogP contribution in [0.25, 0.3) is 6.08 Å². The van der Waals surface area contributed by atoms with E-state index >= 15 is 0 Å². The van der Waals surface area contributed by atoms with Gasteiger partial charge in [-0.15, -0.1) is 11.6 Å². The Kier molecular flexibility index (Phi) is 16.2. The molecule has 6 nitrogen and oxygen atoms in total. The molecule has 0 unspecified atom stereocenters. The number of hydrogen-bond donors (Lipinski definition) is 1. The Morgan fingerprint density at radius 3 is 2.16 bits per heavy atom. The second-order valence-corrected chi connectivity index (χ2v) is 11.0. The van der Waals surface area contributed by atoms with Gasteiger partial charge in [0.15, 0.2) is 15.6 Å². The van der Waals surface area contributed by atoms with E-state index in [1.165, 1.54) is 13.0 Å². The van der Waals surface area contributed by atoms with E-state index in [0.717, 1.165) is 40.8 Å². The molecule has 0 fully saturated rings. The summed E-state index contributed by atoms with van der Waals surface area (Å²) < 4.78 is 26.8. The molecule has 0 amide bonds. The van der Waals surface area contributed by atoms with Crippen molar-refractivity contribution in [1.29, 1.82) is 0 Å². The molecule has 8 heteroatoms. The van der Waals surface area contributed by atoms with Crippen LogP contribution >= 0.6 is 11.6 Å². The molecule has 2 aliphatic carbocycles. The minimum atomic E-state index is -3.51. The third kappa shape index (κ3) is 9.73. The van der Waals surface area contributed by atoms with Crippen LogP contribution in [0.2, 0.25) is 0 Å². The minimum absolute atomic E-state index is 0.0445. The fourth-order valence-corrected chi connectivity index (χ4v) is 5.23. The van der Waals surface area contributed by atoms with Gasteiger partial charge in [-0.25, -0.2) is 8.42 Å². The van der Waals surface area contributed by atoms with Gasteiger partial charge in [0.25, 0.3) is 0 Å². The van der Waals surface area contributed by atoms with Crippen LogP contribution in [0.1, 0.15) is 96.7 Å². The van der Waals surface area contributed by atoms with Crippen LogP contribution in [0.4, 0.5) is 0 Å². The molecule has 1 aromatic rings. The van der Waals surface area contributed by atoms with Crippen molar-refractivity contribution < 1.29 is 23.1 Å². The maximum Gasteiger partial charge on any atom is 0.304 e. The number of halogens is 1. The number of rotatable bonds is 7. The largest absolute Gasteiger partial charge is 0.481 e. The number of hydrogen-bond acceptors (Lipinski definition) is 4. The lowest BCUT2D eigenvalue weighted by atomic mass is 10.0. The fourth-order valence-electron chi connectivity index (χ4n) is 4.36. The van der Waals surface area contributed by atoms with Crippen molar-refractivity contribution in [2.75, 3.05) is 12.1 Å². The standard InChI is InChI=1S/C22H27NO5S.C4H7Cl.2C2H6/c1-5-13(2)12-23-20-9-16(14(3)24)8-17(29(4,27)28)11-19(20)18-7-6-15(22(18)23)10-21(25)26;1-2-3-4-5;2*1-2/h5,8,11,15H,6-7,9-10,12H2,1-4H3,(H,25,26);2-3H,4H2,1H3;2*1-2H3/b13-5+;3-2-;;/t15-;;;/m1.../s1. The Morgan fingerprint density at radius 1 is 1.13 bits per heavy atom. The molecule has 1 atom stereocenters. The van der Waals surface area contributed by atoms with Gasteiger partial charge in [0.1, 0.15) is 0 Å². The van der Waals surface area contributed by atoms with Crippen molar-refractivity contribution in [3.05, 3.63) is 62.9 Å². The number of sulfone groups is 1. The van der Waals surface area contributed by atoms with Gasteiger partial charge in [-0.2, -0.15) is 0 Å². The first-order valence-electron chi connectivity index (χ1n) is 13.3. The summed E-state index contributed by atoms with van der Waals surface area (Å²) in [5.41, 5.74) is 5.31. The third-order valence-corrected chi connectivity index (χ3v) is 7.45. The van der Waals surface area contributed by atoms with E-state index in [1.54, 1.807) is 6.08 Å². The van der Waals surface area contributed by atoms with Gasteiger partial charge in [-0.3, -0.25) is 9.59 Å². The lowest BCUT2D eigenvalue weighted by Crippen LogP contribution is -2.14. The van der Waals surface area contributed by atoms with Crippen molar-refractivity contribution in [2.24, 2.45) is 0 Å². The number of carboxylic acid groups (broad SMARTS) is 1. The van der Waals surface area contributed by atoms with E-state index in [0.29, 0.717) is 30.8 Å². The normalized spacial score (nSPS) is 16.3. The minimum Gasteiger partial charge on any atom is -0.481 e. The highest BCUT2D eigenvalue weighted by molar-refractivity contribution is 7.94. The van der Waals surface area contributed by atoms with Gasteiger partial charge < -0.3 is 9.67 Å². The predicted octanol–water partition coefficient (Wildman–Crippen LogP) is 7.27. The molecule has 1 N–H and O–H groups in total. The van der Waals surface area contributed by atoms with Crippen molar-refractivity contribution in [3.8, 4) is 0 Å². The third-order valence-electron chi connectivity index (χ3n) is 6.18. The Morgan fingerprint density at radius 2 is 1.74 bits per heavy atom. The molecule has 1 heterocycles. The quantitative estimate of drug-likeness (QED) is 0.276. The second kappa shape index (κ2) is 17.3. The van der Waals surface area contributed by atoms with E-state index < -0.39 is 15.8 Å². The van der Waals surface area contributed by atoms with Crippen molar-refractivity contribution in [3.63, 3.8) is 0 Å². The van der Waals surface area contributed by atoms with Gasteiger partial charge in [0.2, 0.25) is 0 Å². The molecule has 0 spiro atoms. The molecule has 0 bridgehead atoms. The Hall–Kier alpha value is -2.38. The summed E-state index contributed by atoms with van der Waals surface area (Å²) in [4.78, 5) is 23.8. The maximum atomic E-state index is 12.3. The first-order valence-corrected chi connectivity index (χ1v) is 15.7. The monoisotopic (exact) mass is 567 g/mol. The zero-order chi connectivity index (χ0) is 29.6. The first-order chi connectivity index (χ1) is 17.9. The molecule has 0 saturated heterocycles. The molecular formula is C30H46ClNO5S. The van der Waals surface area contributed by atoms with E-state index in [4.69, 9.17) is 11.6 Å². The van der Waals surface area contributed by atoms with Crippen LogP contribution in [0, 0.1) is 0 Å². The molecule has 0 saturated carbocycles. The second-order valence-electron chi connectivity index (χ2n) is 8.72. The lowest BCUT2D eigenvalue weighted by molar-refractivity contribution is -0.137. The van der Waals surface area contributed by atoms with Crippen molar-refractivity contribution in [1.82, 2.24) is 4.57 Å². The molecule has 3 rings (SSSR count). The number of alkyl halides is 1. The van der Waals surface area contributed by atoms with Gasteiger partial charge >= 0.3 is 5.97 Å². The average Bonchev–Trinajstić information content (AvgIpc) is 3.30. The number of carbonyl (C=O) groups is 2. The Bertz CT molecular complexity index is 1180. The summed E-state index contributed by atoms with van der Waals surface area (Å²) in [6.45, 7) is 16.0. The molecule has 0 radical (unpaired) electrons. The van der Waals surface area contributed by atoms with Gasteiger partial charge in [0, 0.05) is 53.5 Å². The van der Waals surface area contributed by atoms with Gasteiger partial charge in [0.05, 0.1) is 11.3 Å². The predicted molar refractivity (Wildman–Crippen MR) is 161 cm³/mol. The molecular weight excluding hydrogens is 522 g/mol. The number of aromatic nitrogens is 1. The van der Waals surface area contributed by atoms with Crippen LogP contribution < -0.4 is 0 Å². The van der Waals surface area contributed by atoms with E-state index in [1.807, 2.05) is 66.7 Å². The SMILES string of the molecule is C/C=C(\C)Cn1c2c(c3c1[C@@H](CC(=O)O)CC3)C=C(S(C)(=O)=O)C=C(C(C)=O)C2.C/C=C\CCl.CC.CC. The average molecular weight is 568 g/mol. The zero-order valence-electron chi connectivity index (χ0n) is 24.5. The first kappa shape index (κ1) is 35.6. The van der Waals surface area contributed by atoms with Crippen molar-refractivity contribution in [2.45, 2.75) is 93.5 Å².